The van der Waals surface area contributed by atoms with Crippen LogP contribution < -0.4 is 11.1 Å². The van der Waals surface area contributed by atoms with E-state index in [1.165, 1.54) is 30.0 Å². The molecule has 1 fully saturated rings. The van der Waals surface area contributed by atoms with Crippen molar-refractivity contribution in [3.05, 3.63) is 65.0 Å². The van der Waals surface area contributed by atoms with E-state index >= 15 is 0 Å². The van der Waals surface area contributed by atoms with Crippen molar-refractivity contribution in [1.82, 2.24) is 0 Å². The summed E-state index contributed by atoms with van der Waals surface area (Å²) in [4.78, 5) is 4.51. The second-order valence-electron chi connectivity index (χ2n) is 6.95. The number of hydrogen-bond donors (Lipinski definition) is 2. The Morgan fingerprint density at radius 3 is 2.68 bits per heavy atom. The van der Waals surface area contributed by atoms with Crippen molar-refractivity contribution < 1.29 is 4.39 Å². The number of halogens is 2. The zero-order valence-electron chi connectivity index (χ0n) is 14.1. The number of aryl methyl sites for hydroxylation is 2. The summed E-state index contributed by atoms with van der Waals surface area (Å²) < 4.78 is 13.4. The number of nitrogens with one attached hydrogen (secondary N) is 1. The van der Waals surface area contributed by atoms with Gasteiger partial charge in [0, 0.05) is 11.1 Å². The molecule has 0 heterocycles. The Labute approximate surface area is 164 Å². The minimum atomic E-state index is -0.188. The summed E-state index contributed by atoms with van der Waals surface area (Å²) in [6.45, 7) is 0.597. The van der Waals surface area contributed by atoms with E-state index < -0.39 is 0 Å². The molecule has 3 nitrogen and oxygen atoms in total. The average molecular weight is 451 g/mol. The molecule has 2 aromatic rings. The lowest BCUT2D eigenvalue weighted by Crippen LogP contribution is -2.25. The second kappa shape index (κ2) is 7.32. The minimum Gasteiger partial charge on any atom is -0.370 e. The Bertz CT molecular complexity index is 799. The van der Waals surface area contributed by atoms with E-state index in [0.29, 0.717) is 12.5 Å². The molecular formula is C20H23FIN3. The molecule has 1 saturated carbocycles. The smallest absolute Gasteiger partial charge is 0.193 e. The molecule has 25 heavy (non-hydrogen) atoms. The van der Waals surface area contributed by atoms with Gasteiger partial charge in [0.25, 0.3) is 0 Å². The van der Waals surface area contributed by atoms with Crippen LogP contribution in [0.5, 0.6) is 0 Å². The van der Waals surface area contributed by atoms with Gasteiger partial charge < -0.3 is 11.1 Å². The summed E-state index contributed by atoms with van der Waals surface area (Å²) in [7, 11) is 0. The van der Waals surface area contributed by atoms with Crippen LogP contribution >= 0.6 is 24.0 Å². The lowest BCUT2D eigenvalue weighted by molar-refractivity contribution is 0.616. The minimum absolute atomic E-state index is 0. The fraction of sp³-hybridized carbons (Fsp3) is 0.350. The molecule has 0 unspecified atom stereocenters. The van der Waals surface area contributed by atoms with Gasteiger partial charge in [0.15, 0.2) is 5.96 Å². The number of benzene rings is 2. The van der Waals surface area contributed by atoms with E-state index in [4.69, 9.17) is 5.73 Å². The van der Waals surface area contributed by atoms with Crippen LogP contribution in [0.2, 0.25) is 0 Å². The van der Waals surface area contributed by atoms with Gasteiger partial charge in [0.05, 0.1) is 6.54 Å². The van der Waals surface area contributed by atoms with E-state index in [1.807, 2.05) is 6.07 Å². The summed E-state index contributed by atoms with van der Waals surface area (Å²) in [5, 5.41) is 3.19. The SMILES string of the molecule is I.NC(=NCC1(c2cccc(F)c2)CC1)Nc1ccc2c(c1)CCC2. The highest BCUT2D eigenvalue weighted by molar-refractivity contribution is 14.0. The van der Waals surface area contributed by atoms with Gasteiger partial charge in [-0.25, -0.2) is 4.39 Å². The molecule has 0 saturated heterocycles. The number of guanidine groups is 1. The highest BCUT2D eigenvalue weighted by Gasteiger charge is 2.44. The quantitative estimate of drug-likeness (QED) is 0.412. The van der Waals surface area contributed by atoms with Crippen molar-refractivity contribution in [2.75, 3.05) is 11.9 Å². The fourth-order valence-corrected chi connectivity index (χ4v) is 3.58. The average Bonchev–Trinajstić information content (AvgIpc) is 3.23. The molecule has 2 aliphatic rings. The van der Waals surface area contributed by atoms with E-state index in [-0.39, 0.29) is 35.2 Å². The highest BCUT2D eigenvalue weighted by Crippen LogP contribution is 2.48. The van der Waals surface area contributed by atoms with E-state index in [0.717, 1.165) is 30.5 Å². The molecular weight excluding hydrogens is 428 g/mol. The number of nitrogens with two attached hydrogens (primary N) is 1. The van der Waals surface area contributed by atoms with Crippen molar-refractivity contribution in [3.8, 4) is 0 Å². The predicted octanol–water partition coefficient (Wildman–Crippen LogP) is 4.39. The zero-order chi connectivity index (χ0) is 16.6. The maximum absolute atomic E-state index is 13.4. The first-order chi connectivity index (χ1) is 11.6. The van der Waals surface area contributed by atoms with Gasteiger partial charge in [-0.05, 0) is 73.1 Å². The number of hydrogen-bond acceptors (Lipinski definition) is 1. The third-order valence-electron chi connectivity index (χ3n) is 5.21. The molecule has 0 aliphatic heterocycles. The van der Waals surface area contributed by atoms with Crippen molar-refractivity contribution in [2.45, 2.75) is 37.5 Å². The number of aliphatic imine (C=N–C) groups is 1. The van der Waals surface area contributed by atoms with Crippen molar-refractivity contribution in [3.63, 3.8) is 0 Å². The second-order valence-corrected chi connectivity index (χ2v) is 6.95. The van der Waals surface area contributed by atoms with Gasteiger partial charge >= 0.3 is 0 Å². The van der Waals surface area contributed by atoms with Gasteiger partial charge in [0.2, 0.25) is 0 Å². The molecule has 0 radical (unpaired) electrons. The lowest BCUT2D eigenvalue weighted by atomic mass is 9.96. The molecule has 0 amide bonds. The first-order valence-corrected chi connectivity index (χ1v) is 8.59. The summed E-state index contributed by atoms with van der Waals surface area (Å²) in [6, 6.07) is 13.2. The normalized spacial score (nSPS) is 17.6. The van der Waals surface area contributed by atoms with Crippen LogP contribution in [0, 0.1) is 5.82 Å². The first kappa shape index (κ1) is 18.2. The van der Waals surface area contributed by atoms with Crippen LogP contribution in [-0.2, 0) is 18.3 Å². The summed E-state index contributed by atoms with van der Waals surface area (Å²) >= 11 is 0. The number of fused-ring (bicyclic) bond motifs is 1. The molecule has 2 aliphatic carbocycles. The summed E-state index contributed by atoms with van der Waals surface area (Å²) in [5.74, 6) is 0.239. The Kier molecular flexibility index (Phi) is 5.32. The first-order valence-electron chi connectivity index (χ1n) is 8.59. The van der Waals surface area contributed by atoms with Crippen molar-refractivity contribution in [2.24, 2.45) is 10.7 Å². The van der Waals surface area contributed by atoms with Crippen LogP contribution in [-0.4, -0.2) is 12.5 Å². The molecule has 0 bridgehead atoms. The van der Waals surface area contributed by atoms with Gasteiger partial charge in [0.1, 0.15) is 5.82 Å². The molecule has 0 spiro atoms. The molecule has 4 rings (SSSR count). The molecule has 3 N–H and O–H groups in total. The molecule has 2 aromatic carbocycles. The van der Waals surface area contributed by atoms with Gasteiger partial charge in [-0.3, -0.25) is 4.99 Å². The van der Waals surface area contributed by atoms with Crippen LogP contribution in [0.15, 0.2) is 47.5 Å². The molecule has 0 atom stereocenters. The van der Waals surface area contributed by atoms with Crippen LogP contribution in [0.25, 0.3) is 0 Å². The van der Waals surface area contributed by atoms with Crippen LogP contribution in [0.3, 0.4) is 0 Å². The van der Waals surface area contributed by atoms with Crippen molar-refractivity contribution >= 4 is 35.6 Å². The number of rotatable bonds is 4. The van der Waals surface area contributed by atoms with Gasteiger partial charge in [-0.2, -0.15) is 0 Å². The molecule has 0 aromatic heterocycles. The fourth-order valence-electron chi connectivity index (χ4n) is 3.58. The van der Waals surface area contributed by atoms with E-state index in [9.17, 15) is 4.39 Å². The van der Waals surface area contributed by atoms with Crippen molar-refractivity contribution in [1.29, 1.82) is 0 Å². The third-order valence-corrected chi connectivity index (χ3v) is 5.21. The Morgan fingerprint density at radius 2 is 1.92 bits per heavy atom. The summed E-state index contributed by atoms with van der Waals surface area (Å²) in [5.41, 5.74) is 10.9. The van der Waals surface area contributed by atoms with Gasteiger partial charge in [-0.15, -0.1) is 24.0 Å². The number of anilines is 1. The van der Waals surface area contributed by atoms with Crippen LogP contribution in [0.1, 0.15) is 36.0 Å². The maximum atomic E-state index is 13.4. The molecule has 5 heteroatoms. The predicted molar refractivity (Wildman–Crippen MR) is 111 cm³/mol. The van der Waals surface area contributed by atoms with E-state index in [2.05, 4.69) is 28.5 Å². The topological polar surface area (TPSA) is 50.4 Å². The summed E-state index contributed by atoms with van der Waals surface area (Å²) in [6.07, 6.45) is 5.62. The third kappa shape index (κ3) is 3.97. The largest absolute Gasteiger partial charge is 0.370 e. The lowest BCUT2D eigenvalue weighted by Gasteiger charge is -2.14. The Morgan fingerprint density at radius 1 is 1.12 bits per heavy atom. The zero-order valence-corrected chi connectivity index (χ0v) is 16.4. The Balaban J connectivity index is 0.00000182. The maximum Gasteiger partial charge on any atom is 0.193 e. The Hall–Kier alpha value is -1.63. The molecule has 132 valence electrons. The van der Waals surface area contributed by atoms with Crippen LogP contribution in [0.4, 0.5) is 10.1 Å². The highest BCUT2D eigenvalue weighted by atomic mass is 127. The number of nitrogens with zero attached hydrogens (tertiary/aromatic N) is 1. The van der Waals surface area contributed by atoms with E-state index in [1.54, 1.807) is 12.1 Å². The van der Waals surface area contributed by atoms with Gasteiger partial charge in [-0.1, -0.05) is 18.2 Å². The monoisotopic (exact) mass is 451 g/mol. The standard InChI is InChI=1S/C20H22FN3.HI/c21-17-6-2-5-16(12-17)20(9-10-20)13-23-19(22)24-18-8-7-14-3-1-4-15(14)11-18;/h2,5-8,11-12H,1,3-4,9-10,13H2,(H3,22,23,24);1H.